The van der Waals surface area contributed by atoms with Gasteiger partial charge >= 0.3 is 0 Å². The highest BCUT2D eigenvalue weighted by Gasteiger charge is 2.31. The molecule has 0 aromatic carbocycles. The Labute approximate surface area is 94.6 Å². The number of carbonyl (C=O) groups excluding carboxylic acids is 1. The molecule has 0 radical (unpaired) electrons. The molecule has 2 rings (SSSR count). The second-order valence-electron chi connectivity index (χ2n) is 4.59. The Balaban J connectivity index is 2.11. The van der Waals surface area contributed by atoms with Gasteiger partial charge in [-0.1, -0.05) is 0 Å². The van der Waals surface area contributed by atoms with Crippen molar-refractivity contribution in [3.63, 3.8) is 0 Å². The summed E-state index contributed by atoms with van der Waals surface area (Å²) in [5.74, 6) is 0.673. The van der Waals surface area contributed by atoms with Crippen LogP contribution in [0.4, 0.5) is 0 Å². The fraction of sp³-hybridized carbons (Fsp3) is 0.636. The number of rotatable bonds is 2. The summed E-state index contributed by atoms with van der Waals surface area (Å²) in [4.78, 5) is 16.1. The SMILES string of the molecule is Cc1nc(C)c(C(=O)NC2(C)CCNC2)o1. The fourth-order valence-electron chi connectivity index (χ4n) is 2.00. The molecule has 1 aliphatic rings. The number of amides is 1. The van der Waals surface area contributed by atoms with Gasteiger partial charge in [0.1, 0.15) is 0 Å². The van der Waals surface area contributed by atoms with Crippen LogP contribution in [-0.4, -0.2) is 29.5 Å². The summed E-state index contributed by atoms with van der Waals surface area (Å²) in [5.41, 5.74) is 0.467. The van der Waals surface area contributed by atoms with E-state index < -0.39 is 0 Å². The molecule has 0 aliphatic carbocycles. The first-order valence-corrected chi connectivity index (χ1v) is 5.47. The maximum atomic E-state index is 12.0. The molecule has 1 unspecified atom stereocenters. The van der Waals surface area contributed by atoms with Gasteiger partial charge in [-0.2, -0.15) is 0 Å². The maximum absolute atomic E-state index is 12.0. The molecule has 0 spiro atoms. The number of aromatic nitrogens is 1. The summed E-state index contributed by atoms with van der Waals surface area (Å²) in [6, 6.07) is 0. The van der Waals surface area contributed by atoms with Gasteiger partial charge in [0.15, 0.2) is 5.89 Å². The summed E-state index contributed by atoms with van der Waals surface area (Å²) in [7, 11) is 0. The predicted octanol–water partition coefficient (Wildman–Crippen LogP) is 0.773. The Kier molecular flexibility index (Phi) is 2.71. The number of carbonyl (C=O) groups is 1. The number of hydrogen-bond acceptors (Lipinski definition) is 4. The topological polar surface area (TPSA) is 67.2 Å². The minimum absolute atomic E-state index is 0.176. The molecule has 1 aliphatic heterocycles. The lowest BCUT2D eigenvalue weighted by Gasteiger charge is -2.23. The zero-order valence-corrected chi connectivity index (χ0v) is 9.89. The molecule has 1 amide bonds. The molecule has 2 heterocycles. The summed E-state index contributed by atoms with van der Waals surface area (Å²) in [6.07, 6.45) is 0.935. The monoisotopic (exact) mass is 223 g/mol. The van der Waals surface area contributed by atoms with Crippen LogP contribution in [0.15, 0.2) is 4.42 Å². The van der Waals surface area contributed by atoms with Gasteiger partial charge in [-0.15, -0.1) is 0 Å². The van der Waals surface area contributed by atoms with Crippen LogP contribution in [-0.2, 0) is 0 Å². The molecule has 2 N–H and O–H groups in total. The van der Waals surface area contributed by atoms with E-state index in [1.165, 1.54) is 0 Å². The van der Waals surface area contributed by atoms with Gasteiger partial charge in [0.2, 0.25) is 5.76 Å². The summed E-state index contributed by atoms with van der Waals surface area (Å²) in [5, 5.41) is 6.22. The Morgan fingerprint density at radius 2 is 2.31 bits per heavy atom. The van der Waals surface area contributed by atoms with Crippen LogP contribution in [0.5, 0.6) is 0 Å². The van der Waals surface area contributed by atoms with Crippen LogP contribution >= 0.6 is 0 Å². The van der Waals surface area contributed by atoms with Crippen molar-refractivity contribution >= 4 is 5.91 Å². The van der Waals surface area contributed by atoms with Crippen molar-refractivity contribution in [3.8, 4) is 0 Å². The Morgan fingerprint density at radius 3 is 2.81 bits per heavy atom. The first-order chi connectivity index (χ1) is 7.50. The molecule has 1 fully saturated rings. The van der Waals surface area contributed by atoms with Crippen LogP contribution in [0.2, 0.25) is 0 Å². The Hall–Kier alpha value is -1.36. The molecule has 0 bridgehead atoms. The van der Waals surface area contributed by atoms with E-state index in [-0.39, 0.29) is 11.4 Å². The number of nitrogens with one attached hydrogen (secondary N) is 2. The highest BCUT2D eigenvalue weighted by Crippen LogP contribution is 2.16. The lowest BCUT2D eigenvalue weighted by molar-refractivity contribution is 0.0882. The summed E-state index contributed by atoms with van der Waals surface area (Å²) >= 11 is 0. The van der Waals surface area contributed by atoms with Gasteiger partial charge in [-0.25, -0.2) is 4.98 Å². The molecular weight excluding hydrogens is 206 g/mol. The quantitative estimate of drug-likeness (QED) is 0.777. The number of hydrogen-bond donors (Lipinski definition) is 2. The molecule has 16 heavy (non-hydrogen) atoms. The van der Waals surface area contributed by atoms with Gasteiger partial charge < -0.3 is 15.1 Å². The smallest absolute Gasteiger partial charge is 0.289 e. The normalized spacial score (nSPS) is 24.7. The van der Waals surface area contributed by atoms with E-state index in [1.54, 1.807) is 13.8 Å². The van der Waals surface area contributed by atoms with Crippen molar-refractivity contribution in [1.82, 2.24) is 15.6 Å². The second-order valence-corrected chi connectivity index (χ2v) is 4.59. The predicted molar refractivity (Wildman–Crippen MR) is 59.3 cm³/mol. The molecule has 5 heteroatoms. The first kappa shape index (κ1) is 11.1. The van der Waals surface area contributed by atoms with E-state index in [0.717, 1.165) is 19.5 Å². The first-order valence-electron chi connectivity index (χ1n) is 5.47. The molecule has 0 saturated carbocycles. The molecule has 5 nitrogen and oxygen atoms in total. The standard InChI is InChI=1S/C11H17N3O2/c1-7-9(16-8(2)13-7)10(15)14-11(3)4-5-12-6-11/h12H,4-6H2,1-3H3,(H,14,15). The van der Waals surface area contributed by atoms with Gasteiger partial charge in [-0.3, -0.25) is 4.79 Å². The van der Waals surface area contributed by atoms with Crippen LogP contribution < -0.4 is 10.6 Å². The number of nitrogens with zero attached hydrogens (tertiary/aromatic N) is 1. The summed E-state index contributed by atoms with van der Waals surface area (Å²) < 4.78 is 5.29. The minimum Gasteiger partial charge on any atom is -0.436 e. The van der Waals surface area contributed by atoms with Crippen LogP contribution in [0, 0.1) is 13.8 Å². The van der Waals surface area contributed by atoms with E-state index in [0.29, 0.717) is 17.3 Å². The fourth-order valence-corrected chi connectivity index (χ4v) is 2.00. The van der Waals surface area contributed by atoms with E-state index >= 15 is 0 Å². The van der Waals surface area contributed by atoms with Crippen molar-refractivity contribution in [1.29, 1.82) is 0 Å². The summed E-state index contributed by atoms with van der Waals surface area (Å²) in [6.45, 7) is 7.28. The van der Waals surface area contributed by atoms with E-state index in [1.807, 2.05) is 6.92 Å². The van der Waals surface area contributed by atoms with Crippen LogP contribution in [0.1, 0.15) is 35.5 Å². The third kappa shape index (κ3) is 2.09. The highest BCUT2D eigenvalue weighted by molar-refractivity contribution is 5.93. The zero-order chi connectivity index (χ0) is 11.8. The lowest BCUT2D eigenvalue weighted by Crippen LogP contribution is -2.47. The van der Waals surface area contributed by atoms with Gasteiger partial charge in [0.05, 0.1) is 11.2 Å². The van der Waals surface area contributed by atoms with Gasteiger partial charge in [0.25, 0.3) is 5.91 Å². The lowest BCUT2D eigenvalue weighted by atomic mass is 10.0. The van der Waals surface area contributed by atoms with Gasteiger partial charge in [0, 0.05) is 13.5 Å². The third-order valence-corrected chi connectivity index (χ3v) is 2.89. The zero-order valence-electron chi connectivity index (χ0n) is 9.89. The number of aryl methyl sites for hydroxylation is 2. The van der Waals surface area contributed by atoms with Crippen molar-refractivity contribution in [2.45, 2.75) is 32.7 Å². The number of oxazole rings is 1. The van der Waals surface area contributed by atoms with Crippen molar-refractivity contribution in [3.05, 3.63) is 17.3 Å². The molecule has 1 atom stereocenters. The van der Waals surface area contributed by atoms with Crippen LogP contribution in [0.3, 0.4) is 0 Å². The Bertz CT molecular complexity index is 405. The average molecular weight is 223 g/mol. The van der Waals surface area contributed by atoms with E-state index in [4.69, 9.17) is 4.42 Å². The van der Waals surface area contributed by atoms with E-state index in [9.17, 15) is 4.79 Å². The third-order valence-electron chi connectivity index (χ3n) is 2.89. The molecule has 1 aromatic heterocycles. The minimum atomic E-state index is -0.177. The molecule has 1 saturated heterocycles. The van der Waals surface area contributed by atoms with Crippen molar-refractivity contribution < 1.29 is 9.21 Å². The van der Waals surface area contributed by atoms with Gasteiger partial charge in [-0.05, 0) is 26.8 Å². The van der Waals surface area contributed by atoms with Crippen molar-refractivity contribution in [2.24, 2.45) is 0 Å². The molecule has 1 aromatic rings. The van der Waals surface area contributed by atoms with E-state index in [2.05, 4.69) is 15.6 Å². The van der Waals surface area contributed by atoms with Crippen LogP contribution in [0.25, 0.3) is 0 Å². The maximum Gasteiger partial charge on any atom is 0.289 e. The molecule has 88 valence electrons. The average Bonchev–Trinajstić information content (AvgIpc) is 2.73. The second kappa shape index (κ2) is 3.90. The molecular formula is C11H17N3O2. The van der Waals surface area contributed by atoms with Crippen molar-refractivity contribution in [2.75, 3.05) is 13.1 Å². The Morgan fingerprint density at radius 1 is 1.56 bits per heavy atom. The highest BCUT2D eigenvalue weighted by atomic mass is 16.4. The largest absolute Gasteiger partial charge is 0.436 e.